The number of thiocarbonyl (C=S) groups is 1. The van der Waals surface area contributed by atoms with Crippen molar-refractivity contribution in [1.29, 1.82) is 0 Å². The molecule has 0 saturated carbocycles. The van der Waals surface area contributed by atoms with E-state index in [0.29, 0.717) is 16.6 Å². The fourth-order valence-corrected chi connectivity index (χ4v) is 5.19. The number of hydrogen-bond donors (Lipinski definition) is 2. The lowest BCUT2D eigenvalue weighted by molar-refractivity contribution is 0.394. The van der Waals surface area contributed by atoms with E-state index in [2.05, 4.69) is 5.32 Å². The summed E-state index contributed by atoms with van der Waals surface area (Å²) in [7, 11) is 0.382. The zero-order chi connectivity index (χ0) is 15.2. The second-order valence-electron chi connectivity index (χ2n) is 5.14. The number of anilines is 1. The van der Waals surface area contributed by atoms with Crippen LogP contribution in [0.4, 0.5) is 5.69 Å². The van der Waals surface area contributed by atoms with Crippen molar-refractivity contribution >= 4 is 33.2 Å². The average Bonchev–Trinajstić information content (AvgIpc) is 2.88. The molecule has 0 aliphatic carbocycles. The van der Waals surface area contributed by atoms with Crippen molar-refractivity contribution in [2.45, 2.75) is 12.1 Å². The van der Waals surface area contributed by atoms with Crippen molar-refractivity contribution in [2.75, 3.05) is 30.6 Å². The summed E-state index contributed by atoms with van der Waals surface area (Å²) in [5.41, 5.74) is 0.778. The van der Waals surface area contributed by atoms with Gasteiger partial charge in [-0.3, -0.25) is 0 Å². The summed E-state index contributed by atoms with van der Waals surface area (Å²) in [6.07, 6.45) is 0. The Labute approximate surface area is 129 Å². The highest BCUT2D eigenvalue weighted by Crippen LogP contribution is 2.38. The molecule has 2 fully saturated rings. The predicted octanol–water partition coefficient (Wildman–Crippen LogP) is 1.12. The maximum Gasteiger partial charge on any atom is 0.218 e. The summed E-state index contributed by atoms with van der Waals surface area (Å²) < 4.78 is 32.4. The molecule has 2 aliphatic heterocycles. The van der Waals surface area contributed by atoms with Crippen LogP contribution in [-0.2, 0) is 14.4 Å². The van der Waals surface area contributed by atoms with E-state index >= 15 is 0 Å². The van der Waals surface area contributed by atoms with Gasteiger partial charge < -0.3 is 19.7 Å². The first-order valence-electron chi connectivity index (χ1n) is 6.49. The topological polar surface area (TPSA) is 71.0 Å². The van der Waals surface area contributed by atoms with Crippen molar-refractivity contribution in [3.8, 4) is 11.5 Å². The first kappa shape index (κ1) is 14.6. The number of methoxy groups -OCH3 is 2. The molecule has 114 valence electrons. The molecule has 3 rings (SSSR count). The Bertz CT molecular complexity index is 637. The zero-order valence-electron chi connectivity index (χ0n) is 11.7. The van der Waals surface area contributed by atoms with E-state index < -0.39 is 10.2 Å². The lowest BCUT2D eigenvalue weighted by Gasteiger charge is -2.24. The van der Waals surface area contributed by atoms with Crippen LogP contribution in [0, 0.1) is 0 Å². The van der Waals surface area contributed by atoms with Gasteiger partial charge in [0.25, 0.3) is 0 Å². The van der Waals surface area contributed by atoms with Gasteiger partial charge in [-0.25, -0.2) is 0 Å². The summed E-state index contributed by atoms with van der Waals surface area (Å²) in [6, 6.07) is 5.22. The molecule has 1 aromatic carbocycles. The first-order valence-corrected chi connectivity index (χ1v) is 8.75. The van der Waals surface area contributed by atoms with Crippen molar-refractivity contribution in [3.05, 3.63) is 18.2 Å². The van der Waals surface area contributed by atoms with Crippen LogP contribution in [0.5, 0.6) is 11.5 Å². The van der Waals surface area contributed by atoms with E-state index in [-0.39, 0.29) is 23.6 Å². The van der Waals surface area contributed by atoms with E-state index in [0.717, 1.165) is 5.69 Å². The van der Waals surface area contributed by atoms with Gasteiger partial charge in [0.1, 0.15) is 23.6 Å². The zero-order valence-corrected chi connectivity index (χ0v) is 13.4. The van der Waals surface area contributed by atoms with Crippen molar-refractivity contribution in [1.82, 2.24) is 5.32 Å². The molecule has 2 saturated heterocycles. The van der Waals surface area contributed by atoms with Gasteiger partial charge in [0.2, 0.25) is 10.2 Å². The molecule has 2 heterocycles. The molecule has 0 bridgehead atoms. The second-order valence-corrected chi connectivity index (χ2v) is 7.74. The van der Waals surface area contributed by atoms with Crippen LogP contribution in [0.3, 0.4) is 0 Å². The Balaban J connectivity index is 1.99. The normalized spacial score (nSPS) is 31.0. The molecule has 6 nitrogen and oxygen atoms in total. The van der Waals surface area contributed by atoms with E-state index in [1.54, 1.807) is 20.3 Å². The molecule has 2 aliphatic rings. The van der Waals surface area contributed by atoms with Crippen LogP contribution in [0.25, 0.3) is 0 Å². The number of nitrogens with one attached hydrogen (secondary N) is 1. The third kappa shape index (κ3) is 2.47. The van der Waals surface area contributed by atoms with Gasteiger partial charge in [-0.2, -0.15) is 4.55 Å². The summed E-state index contributed by atoms with van der Waals surface area (Å²) >= 11 is 5.37. The molecule has 2 N–H and O–H groups in total. The molecule has 0 amide bonds. The Morgan fingerprint density at radius 1 is 1.38 bits per heavy atom. The fraction of sp³-hybridized carbons (Fsp3) is 0.462. The molecule has 21 heavy (non-hydrogen) atoms. The lowest BCUT2D eigenvalue weighted by atomic mass is 10.1. The highest BCUT2D eigenvalue weighted by Gasteiger charge is 2.54. The van der Waals surface area contributed by atoms with Gasteiger partial charge in [-0.05, 0) is 24.4 Å². The third-order valence-electron chi connectivity index (χ3n) is 3.84. The smallest absolute Gasteiger partial charge is 0.218 e. The van der Waals surface area contributed by atoms with Crippen molar-refractivity contribution in [3.63, 3.8) is 0 Å². The lowest BCUT2D eigenvalue weighted by Crippen LogP contribution is -2.37. The fourth-order valence-electron chi connectivity index (χ4n) is 2.89. The summed E-state index contributed by atoms with van der Waals surface area (Å²) in [5.74, 6) is 1.74. The number of benzene rings is 1. The standard InChI is InChI=1S/C13H16N2O4S2/c1-18-8-3-4-10(12(5-8)19-2)15-11-7-21(16,17)6-9(11)14-13(15)20/h3-5,9,11H,6-7H2,1-2H3,(H-,14,16,17,20)/p+1/t9-,11-/m1/s1. The SMILES string of the molecule is COc1ccc(N2C(=S)N[C@@H]3C[S+](=O)(O)C[C@H]32)c(OC)c1. The van der Waals surface area contributed by atoms with Crippen molar-refractivity contribution < 1.29 is 18.2 Å². The van der Waals surface area contributed by atoms with Crippen LogP contribution in [0.1, 0.15) is 0 Å². The maximum absolute atomic E-state index is 11.9. The monoisotopic (exact) mass is 329 g/mol. The Morgan fingerprint density at radius 3 is 2.81 bits per heavy atom. The Hall–Kier alpha value is -1.38. The minimum absolute atomic E-state index is 0.0955. The first-order chi connectivity index (χ1) is 9.95. The van der Waals surface area contributed by atoms with Crippen molar-refractivity contribution in [2.24, 2.45) is 0 Å². The molecule has 0 aromatic heterocycles. The van der Waals surface area contributed by atoms with Crippen LogP contribution >= 0.6 is 12.2 Å². The number of fused-ring (bicyclic) bond motifs is 1. The average molecular weight is 329 g/mol. The molecule has 8 heteroatoms. The Morgan fingerprint density at radius 2 is 2.14 bits per heavy atom. The number of hydrogen-bond acceptors (Lipinski definition) is 4. The van der Waals surface area contributed by atoms with Crippen LogP contribution in [0.15, 0.2) is 18.2 Å². The third-order valence-corrected chi connectivity index (χ3v) is 5.90. The molecule has 1 unspecified atom stereocenters. The maximum atomic E-state index is 11.9. The van der Waals surface area contributed by atoms with Crippen LogP contribution in [-0.4, -0.2) is 47.5 Å². The highest BCUT2D eigenvalue weighted by atomic mass is 32.3. The minimum Gasteiger partial charge on any atom is -0.497 e. The van der Waals surface area contributed by atoms with Gasteiger partial charge in [0.05, 0.1) is 19.9 Å². The largest absolute Gasteiger partial charge is 0.497 e. The van der Waals surface area contributed by atoms with Gasteiger partial charge in [-0.1, -0.05) is 4.21 Å². The number of ether oxygens (including phenoxy) is 2. The molecular weight excluding hydrogens is 312 g/mol. The minimum atomic E-state index is -2.78. The summed E-state index contributed by atoms with van der Waals surface area (Å²) in [4.78, 5) is 1.88. The Kier molecular flexibility index (Phi) is 3.54. The number of rotatable bonds is 3. The van der Waals surface area contributed by atoms with Gasteiger partial charge >= 0.3 is 0 Å². The van der Waals surface area contributed by atoms with Crippen LogP contribution < -0.4 is 19.7 Å². The van der Waals surface area contributed by atoms with E-state index in [4.69, 9.17) is 21.7 Å². The molecular formula is C13H17N2O4S2+. The second kappa shape index (κ2) is 5.11. The van der Waals surface area contributed by atoms with E-state index in [1.165, 1.54) is 0 Å². The predicted molar refractivity (Wildman–Crippen MR) is 85.7 cm³/mol. The van der Waals surface area contributed by atoms with Gasteiger partial charge in [0.15, 0.2) is 16.6 Å². The quantitative estimate of drug-likeness (QED) is 0.636. The van der Waals surface area contributed by atoms with E-state index in [1.807, 2.05) is 17.0 Å². The van der Waals surface area contributed by atoms with Gasteiger partial charge in [0, 0.05) is 6.07 Å². The van der Waals surface area contributed by atoms with Crippen LogP contribution in [0.2, 0.25) is 0 Å². The molecule has 3 atom stereocenters. The molecule has 0 radical (unpaired) electrons. The molecule has 0 spiro atoms. The van der Waals surface area contributed by atoms with Gasteiger partial charge in [-0.15, -0.1) is 0 Å². The summed E-state index contributed by atoms with van der Waals surface area (Å²) in [6.45, 7) is 0. The number of nitrogens with zero attached hydrogens (tertiary/aromatic N) is 1. The summed E-state index contributed by atoms with van der Waals surface area (Å²) in [5, 5.41) is 3.69. The van der Waals surface area contributed by atoms with E-state index in [9.17, 15) is 8.76 Å². The molecule has 1 aromatic rings. The highest BCUT2D eigenvalue weighted by molar-refractivity contribution is 7.98.